The second kappa shape index (κ2) is 45.4. The average Bonchev–Trinajstić information content (AvgIpc) is 1.52. The summed E-state index contributed by atoms with van der Waals surface area (Å²) < 4.78 is 132. The summed E-state index contributed by atoms with van der Waals surface area (Å²) in [5, 5.41) is 30.1. The Morgan fingerprint density at radius 1 is 0.419 bits per heavy atom. The molecule has 0 spiro atoms. The van der Waals surface area contributed by atoms with Crippen LogP contribution in [0.3, 0.4) is 0 Å². The molecule has 3 saturated heterocycles. The highest BCUT2D eigenvalue weighted by Crippen LogP contribution is 2.42. The third-order valence-corrected chi connectivity index (χ3v) is 31.7. The van der Waals surface area contributed by atoms with Gasteiger partial charge in [-0.15, -0.1) is 0 Å². The van der Waals surface area contributed by atoms with Crippen LogP contribution in [0.25, 0.3) is 66.4 Å². The van der Waals surface area contributed by atoms with Crippen LogP contribution >= 0.6 is 15.9 Å². The highest BCUT2D eigenvalue weighted by molar-refractivity contribution is 9.10. The number of carbonyl (C=O) groups is 5. The van der Waals surface area contributed by atoms with E-state index in [4.69, 9.17) is 53.8 Å². The number of carboxylic acid groups (broad SMARTS) is 4. The zero-order valence-corrected chi connectivity index (χ0v) is 80.7. The van der Waals surface area contributed by atoms with E-state index in [1.165, 1.54) is 21.5 Å². The van der Waals surface area contributed by atoms with Crippen molar-refractivity contribution in [3.63, 3.8) is 0 Å². The van der Waals surface area contributed by atoms with Gasteiger partial charge in [0.25, 0.3) is 66.0 Å². The fourth-order valence-electron chi connectivity index (χ4n) is 17.5. The van der Waals surface area contributed by atoms with Gasteiger partial charge in [0, 0.05) is 227 Å². The average molecular weight is 2000 g/mol. The van der Waals surface area contributed by atoms with Gasteiger partial charge in [-0.2, -0.15) is 0 Å². The summed E-state index contributed by atoms with van der Waals surface area (Å²) in [4.78, 5) is 79.2. The summed E-state index contributed by atoms with van der Waals surface area (Å²) in [7, 11) is -3.60. The first-order chi connectivity index (χ1) is 65.5. The lowest BCUT2D eigenvalue weighted by atomic mass is 10.00. The number of halogens is 1. The van der Waals surface area contributed by atoms with Crippen molar-refractivity contribution in [2.45, 2.75) is 89.6 Å². The molecule has 718 valence electrons. The first-order valence-electron chi connectivity index (χ1n) is 43.8. The van der Waals surface area contributed by atoms with E-state index in [-0.39, 0.29) is 63.6 Å². The van der Waals surface area contributed by atoms with Crippen molar-refractivity contribution in [3.05, 3.63) is 240 Å². The minimum atomic E-state index is -3.89. The molecule has 0 radical (unpaired) electrons. The highest BCUT2D eigenvalue weighted by Gasteiger charge is 2.35. The standard InChI is InChI=1S/2C24H28N4O3S.C23H24N4O3S.C21H20BrN3O3S.4CH2O2/c1-26-12-8-18(9-13-26)22-17-28(23-7-4-11-25-24(22)23)32(29,30)21-6-3-5-19(15-21)27-14-10-20(16-27)31-2;1-26-12-8-18(9-13-26)23-17-28(24-22(23)7-4-11-25-24)32(29,30)21-6-3-5-19(15-21)27-14-10-20(16-27)31-2;1-25-13-9-17(10-14-25)21-16-27(23-20(21)7-3-11-24-23)31(29,30)19-6-2-5-18(15-19)26-12-4-8-22(26)28;1-24-8-4-14(5-9-24)18-13-25(21-17(18)3-2-7-23-21)29(26,27)19-12-16(22)11-15-6-10-28-20(15)19;4*2-1-3/h2*3-8,11,15,17,20H,9-10,12-14,16H2,1-2H3;2-3,5-7,9,11,15-16H,4,8,10,12-14H2,1H3;2-4,7,11-13H,5-6,8-10H2,1H3;4*1H,(H,2,3). The van der Waals surface area contributed by atoms with Gasteiger partial charge in [-0.1, -0.05) is 58.4 Å². The van der Waals surface area contributed by atoms with Crippen LogP contribution < -0.4 is 19.4 Å². The number of ether oxygens (including phenoxy) is 3. The van der Waals surface area contributed by atoms with E-state index in [1.54, 1.807) is 129 Å². The molecular formula is C96H108BrN15O20S4. The van der Waals surface area contributed by atoms with Crippen LogP contribution in [-0.4, -0.2) is 288 Å². The summed E-state index contributed by atoms with van der Waals surface area (Å²) in [5.74, 6) is 0.477. The van der Waals surface area contributed by atoms with Gasteiger partial charge in [0.15, 0.2) is 16.9 Å². The van der Waals surface area contributed by atoms with Gasteiger partial charge < -0.3 is 68.9 Å². The molecule has 4 N–H and O–H groups in total. The van der Waals surface area contributed by atoms with Crippen LogP contribution in [0.4, 0.5) is 17.1 Å². The first-order valence-corrected chi connectivity index (χ1v) is 50.4. The van der Waals surface area contributed by atoms with E-state index >= 15 is 0 Å². The molecule has 8 aromatic heterocycles. The molecule has 4 aromatic carbocycles. The molecule has 8 aliphatic rings. The Bertz CT molecular complexity index is 6780. The zero-order chi connectivity index (χ0) is 97.2. The van der Waals surface area contributed by atoms with Crippen molar-refractivity contribution < 1.29 is 92.3 Å². The number of aromatic nitrogens is 8. The molecule has 12 aromatic rings. The van der Waals surface area contributed by atoms with Crippen molar-refractivity contribution >= 4 is 171 Å². The number of anilines is 3. The molecule has 1 amide bonds. The molecule has 40 heteroatoms. The lowest BCUT2D eigenvalue weighted by Gasteiger charge is -2.21. The van der Waals surface area contributed by atoms with Crippen LogP contribution in [-0.2, 0) is 80.0 Å². The number of methoxy groups -OCH3 is 2. The van der Waals surface area contributed by atoms with E-state index in [0.717, 1.165) is 206 Å². The topological polar surface area (TPSA) is 424 Å². The van der Waals surface area contributed by atoms with Crippen molar-refractivity contribution in [1.29, 1.82) is 0 Å². The van der Waals surface area contributed by atoms with Crippen LogP contribution in [0.5, 0.6) is 5.75 Å². The Labute approximate surface area is 797 Å². The molecule has 20 rings (SSSR count). The summed E-state index contributed by atoms with van der Waals surface area (Å²) in [6.45, 7) is 10.5. The van der Waals surface area contributed by atoms with Gasteiger partial charge in [0.2, 0.25) is 5.91 Å². The van der Waals surface area contributed by atoms with Gasteiger partial charge >= 0.3 is 0 Å². The molecule has 136 heavy (non-hydrogen) atoms. The number of benzene rings is 4. The number of fused-ring (bicyclic) bond motifs is 5. The number of pyridine rings is 4. The van der Waals surface area contributed by atoms with Crippen LogP contribution in [0, 0.1) is 0 Å². The predicted molar refractivity (Wildman–Crippen MR) is 524 cm³/mol. The zero-order valence-electron chi connectivity index (χ0n) is 75.9. The fourth-order valence-corrected chi connectivity index (χ4v) is 23.8. The summed E-state index contributed by atoms with van der Waals surface area (Å²) in [5.41, 5.74) is 14.3. The molecule has 0 bridgehead atoms. The Balaban J connectivity index is 0.000000147. The Morgan fingerprint density at radius 2 is 0.787 bits per heavy atom. The molecule has 0 aliphatic carbocycles. The van der Waals surface area contributed by atoms with Gasteiger partial charge in [0.05, 0.1) is 44.5 Å². The molecule has 2 atom stereocenters. The largest absolute Gasteiger partial charge is 0.492 e. The quantitative estimate of drug-likeness (QED) is 0.0615. The van der Waals surface area contributed by atoms with Crippen molar-refractivity contribution in [2.75, 3.05) is 149 Å². The van der Waals surface area contributed by atoms with E-state index in [0.29, 0.717) is 59.9 Å². The molecule has 3 fully saturated rings. The maximum absolute atomic E-state index is 13.7. The molecule has 2 unspecified atom stereocenters. The number of hydrogen-bond donors (Lipinski definition) is 4. The lowest BCUT2D eigenvalue weighted by Crippen LogP contribution is -2.24. The van der Waals surface area contributed by atoms with Crippen molar-refractivity contribution in [2.24, 2.45) is 0 Å². The summed E-state index contributed by atoms with van der Waals surface area (Å²) in [6.07, 6.45) is 29.9. The minimum absolute atomic E-state index is 0.0270. The van der Waals surface area contributed by atoms with E-state index < -0.39 is 40.1 Å². The second-order valence-electron chi connectivity index (χ2n) is 33.1. The van der Waals surface area contributed by atoms with E-state index in [1.807, 2.05) is 72.8 Å². The summed E-state index contributed by atoms with van der Waals surface area (Å²) in [6, 6.07) is 39.5. The number of rotatable bonds is 17. The van der Waals surface area contributed by atoms with Gasteiger partial charge in [-0.05, 0) is 211 Å². The lowest BCUT2D eigenvalue weighted by molar-refractivity contribution is -0.123. The highest BCUT2D eigenvalue weighted by atomic mass is 79.9. The number of amides is 1. The monoisotopic (exact) mass is 2000 g/mol. The van der Waals surface area contributed by atoms with E-state index in [2.05, 4.69) is 118 Å². The molecule has 8 aliphatic heterocycles. The first kappa shape index (κ1) is 101. The summed E-state index contributed by atoms with van der Waals surface area (Å²) >= 11 is 3.45. The Morgan fingerprint density at radius 3 is 1.17 bits per heavy atom. The third kappa shape index (κ3) is 22.5. The van der Waals surface area contributed by atoms with Gasteiger partial charge in [0.1, 0.15) is 10.6 Å². The fraction of sp³-hybridized carbons (Fsp3) is 0.323. The molecule has 0 saturated carbocycles. The SMILES string of the molecule is CN1CC=C(c2cn(S(=O)(=O)c3cc(Br)cc4c3OCC4)c3ncccc23)CC1.CN1CC=C(c2cn(S(=O)(=O)c3cccc(N4CCCC4=O)c3)c3ncccc23)CC1.COC1CCN(c2cccc(S(=O)(=O)n3cc(C4=CCN(C)CC4)c4cccnc43)c2)C1.COC1CCN(c2cccc(S(=O)(=O)n3cc(C4=CCN(C)CC4)c4ncccc43)c2)C1.O=CO.O=CO.O=CO.O=CO. The van der Waals surface area contributed by atoms with Crippen LogP contribution in [0.15, 0.2) is 231 Å². The predicted octanol–water partition coefficient (Wildman–Crippen LogP) is 12.0. The molecular weight excluding hydrogens is 1890 g/mol. The normalized spacial score (nSPS) is 17.6. The Hall–Kier alpha value is -12.6. The third-order valence-electron chi connectivity index (χ3n) is 24.6. The van der Waals surface area contributed by atoms with Crippen molar-refractivity contribution in [3.8, 4) is 5.75 Å². The molecule has 16 heterocycles. The van der Waals surface area contributed by atoms with Gasteiger partial charge in [-0.3, -0.25) is 29.0 Å². The smallest absolute Gasteiger partial charge is 0.290 e. The van der Waals surface area contributed by atoms with Crippen molar-refractivity contribution in [1.82, 2.24) is 55.4 Å². The number of nitrogens with zero attached hydrogens (tertiary/aromatic N) is 15. The minimum Gasteiger partial charge on any atom is -0.492 e. The number of carbonyl (C=O) groups excluding carboxylic acids is 1. The van der Waals surface area contributed by atoms with Gasteiger partial charge in [-0.25, -0.2) is 64.5 Å². The van der Waals surface area contributed by atoms with Crippen LogP contribution in [0.1, 0.15) is 79.2 Å². The number of hydrogen-bond acceptors (Lipinski definition) is 26. The molecule has 35 nitrogen and oxygen atoms in total. The van der Waals surface area contributed by atoms with E-state index in [9.17, 15) is 38.5 Å². The maximum Gasteiger partial charge on any atom is 0.290 e. The second-order valence-corrected chi connectivity index (χ2v) is 41.2. The Kier molecular flexibility index (Phi) is 33.6. The maximum atomic E-state index is 13.7. The van der Waals surface area contributed by atoms with Crippen LogP contribution in [0.2, 0.25) is 0 Å². The number of likely N-dealkylation sites (N-methyl/N-ethyl adjacent to an activating group) is 4.